The van der Waals surface area contributed by atoms with E-state index >= 15 is 0 Å². The van der Waals surface area contributed by atoms with Crippen molar-refractivity contribution in [2.75, 3.05) is 26.2 Å². The average Bonchev–Trinajstić information content (AvgIpc) is 2.39. The molecule has 0 bridgehead atoms. The van der Waals surface area contributed by atoms with Crippen LogP contribution in [0.4, 0.5) is 0 Å². The molecule has 3 heteroatoms. The summed E-state index contributed by atoms with van der Waals surface area (Å²) in [5.74, 6) is 0.204. The number of Topliss-reactive ketones (excluding diaryl/α,β-unsaturated/α-hetero) is 1. The number of carbonyl (C=O) groups excluding carboxylic acids is 1. The van der Waals surface area contributed by atoms with Crippen LogP contribution in [0, 0.1) is 6.92 Å². The van der Waals surface area contributed by atoms with Gasteiger partial charge in [-0.2, -0.15) is 0 Å². The minimum atomic E-state index is 0.204. The van der Waals surface area contributed by atoms with Crippen LogP contribution in [0.3, 0.4) is 0 Å². The quantitative estimate of drug-likeness (QED) is 0.765. The molecule has 3 nitrogen and oxygen atoms in total. The first-order chi connectivity index (χ1) is 8.69. The first-order valence-electron chi connectivity index (χ1n) is 6.63. The molecule has 98 valence electrons. The molecule has 1 saturated heterocycles. The molecule has 0 radical (unpaired) electrons. The molecule has 0 aliphatic carbocycles. The van der Waals surface area contributed by atoms with Crippen LogP contribution in [-0.4, -0.2) is 43.0 Å². The fraction of sp³-hybridized carbons (Fsp3) is 0.533. The Morgan fingerprint density at radius 1 is 1.50 bits per heavy atom. The zero-order valence-electron chi connectivity index (χ0n) is 11.2. The van der Waals surface area contributed by atoms with Gasteiger partial charge in [0.25, 0.3) is 0 Å². The number of ketones is 1. The Kier molecular flexibility index (Phi) is 4.50. The van der Waals surface area contributed by atoms with E-state index in [2.05, 4.69) is 11.8 Å². The van der Waals surface area contributed by atoms with Crippen LogP contribution in [0.15, 0.2) is 24.3 Å². The molecule has 0 aromatic heterocycles. The summed E-state index contributed by atoms with van der Waals surface area (Å²) in [6.07, 6.45) is 1.29. The zero-order chi connectivity index (χ0) is 13.0. The van der Waals surface area contributed by atoms with E-state index in [0.29, 0.717) is 6.54 Å². The minimum absolute atomic E-state index is 0.204. The fourth-order valence-corrected chi connectivity index (χ4v) is 2.28. The van der Waals surface area contributed by atoms with Gasteiger partial charge in [0, 0.05) is 18.7 Å². The van der Waals surface area contributed by atoms with Gasteiger partial charge in [-0.1, -0.05) is 30.7 Å². The standard InChI is InChI=1S/C15H21NO2/c1-3-14-10-16(7-8-18-14)11-15(17)13-6-4-5-12(2)9-13/h4-6,9,14H,3,7-8,10-11H2,1-2H3. The Hall–Kier alpha value is -1.19. The van der Waals surface area contributed by atoms with E-state index in [0.717, 1.165) is 37.2 Å². The summed E-state index contributed by atoms with van der Waals surface area (Å²) < 4.78 is 5.61. The SMILES string of the molecule is CCC1CN(CC(=O)c2cccc(C)c2)CCO1. The number of ether oxygens (including phenoxy) is 1. The van der Waals surface area contributed by atoms with Crippen LogP contribution in [-0.2, 0) is 4.74 Å². The van der Waals surface area contributed by atoms with Crippen molar-refractivity contribution in [1.29, 1.82) is 0 Å². The Labute approximate surface area is 109 Å². The van der Waals surface area contributed by atoms with Crippen molar-refractivity contribution in [2.24, 2.45) is 0 Å². The van der Waals surface area contributed by atoms with Crippen molar-refractivity contribution in [3.63, 3.8) is 0 Å². The number of rotatable bonds is 4. The van der Waals surface area contributed by atoms with Gasteiger partial charge in [-0.15, -0.1) is 0 Å². The van der Waals surface area contributed by atoms with E-state index < -0.39 is 0 Å². The molecule has 1 unspecified atom stereocenters. The number of morpholine rings is 1. The van der Waals surface area contributed by atoms with Gasteiger partial charge in [-0.05, 0) is 19.4 Å². The number of hydrogen-bond donors (Lipinski definition) is 0. The lowest BCUT2D eigenvalue weighted by molar-refractivity contribution is -0.0271. The third-order valence-corrected chi connectivity index (χ3v) is 3.39. The third-order valence-electron chi connectivity index (χ3n) is 3.39. The fourth-order valence-electron chi connectivity index (χ4n) is 2.28. The van der Waals surface area contributed by atoms with E-state index in [-0.39, 0.29) is 11.9 Å². The molecule has 0 N–H and O–H groups in total. The van der Waals surface area contributed by atoms with E-state index in [9.17, 15) is 4.79 Å². The van der Waals surface area contributed by atoms with Crippen molar-refractivity contribution < 1.29 is 9.53 Å². The Morgan fingerprint density at radius 2 is 2.33 bits per heavy atom. The van der Waals surface area contributed by atoms with E-state index in [1.165, 1.54) is 0 Å². The summed E-state index contributed by atoms with van der Waals surface area (Å²) in [5.41, 5.74) is 1.95. The van der Waals surface area contributed by atoms with Crippen molar-refractivity contribution >= 4 is 5.78 Å². The normalized spacial score (nSPS) is 20.9. The monoisotopic (exact) mass is 247 g/mol. The molecular weight excluding hydrogens is 226 g/mol. The van der Waals surface area contributed by atoms with Crippen LogP contribution in [0.1, 0.15) is 29.3 Å². The smallest absolute Gasteiger partial charge is 0.176 e. The summed E-state index contributed by atoms with van der Waals surface area (Å²) in [6.45, 7) is 7.10. The lowest BCUT2D eigenvalue weighted by Crippen LogP contribution is -2.44. The van der Waals surface area contributed by atoms with Gasteiger partial charge in [-0.25, -0.2) is 0 Å². The molecule has 1 aromatic rings. The molecular formula is C15H21NO2. The molecule has 1 fully saturated rings. The van der Waals surface area contributed by atoms with Crippen molar-refractivity contribution in [3.05, 3.63) is 35.4 Å². The molecule has 0 saturated carbocycles. The highest BCUT2D eigenvalue weighted by Crippen LogP contribution is 2.10. The van der Waals surface area contributed by atoms with Crippen LogP contribution in [0.25, 0.3) is 0 Å². The number of carbonyl (C=O) groups is 1. The van der Waals surface area contributed by atoms with Gasteiger partial charge >= 0.3 is 0 Å². The zero-order valence-corrected chi connectivity index (χ0v) is 11.2. The lowest BCUT2D eigenvalue weighted by Gasteiger charge is -2.31. The van der Waals surface area contributed by atoms with E-state index in [4.69, 9.17) is 4.74 Å². The van der Waals surface area contributed by atoms with E-state index in [1.54, 1.807) is 0 Å². The summed E-state index contributed by atoms with van der Waals surface area (Å²) >= 11 is 0. The van der Waals surface area contributed by atoms with Crippen LogP contribution in [0.2, 0.25) is 0 Å². The van der Waals surface area contributed by atoms with Crippen LogP contribution < -0.4 is 0 Å². The van der Waals surface area contributed by atoms with Gasteiger partial charge in [0.05, 0.1) is 19.3 Å². The number of hydrogen-bond acceptors (Lipinski definition) is 3. The predicted octanol–water partition coefficient (Wildman–Crippen LogP) is 2.29. The summed E-state index contributed by atoms with van der Waals surface area (Å²) in [4.78, 5) is 14.4. The molecule has 1 aliphatic heterocycles. The second-order valence-corrected chi connectivity index (χ2v) is 4.93. The molecule has 1 atom stereocenters. The Morgan fingerprint density at radius 3 is 3.06 bits per heavy atom. The summed E-state index contributed by atoms with van der Waals surface area (Å²) in [6, 6.07) is 7.81. The Balaban J connectivity index is 1.95. The molecule has 1 aromatic carbocycles. The number of nitrogens with zero attached hydrogens (tertiary/aromatic N) is 1. The number of aryl methyl sites for hydroxylation is 1. The lowest BCUT2D eigenvalue weighted by atomic mass is 10.1. The third kappa shape index (κ3) is 3.40. The summed E-state index contributed by atoms with van der Waals surface area (Å²) in [7, 11) is 0. The maximum Gasteiger partial charge on any atom is 0.176 e. The molecule has 1 heterocycles. The first kappa shape index (κ1) is 13.2. The highest BCUT2D eigenvalue weighted by Gasteiger charge is 2.21. The topological polar surface area (TPSA) is 29.5 Å². The molecule has 2 rings (SSSR count). The minimum Gasteiger partial charge on any atom is -0.376 e. The van der Waals surface area contributed by atoms with Crippen molar-refractivity contribution in [2.45, 2.75) is 26.4 Å². The largest absolute Gasteiger partial charge is 0.376 e. The van der Waals surface area contributed by atoms with Gasteiger partial charge in [0.1, 0.15) is 0 Å². The first-order valence-corrected chi connectivity index (χ1v) is 6.63. The highest BCUT2D eigenvalue weighted by atomic mass is 16.5. The predicted molar refractivity (Wildman–Crippen MR) is 72.0 cm³/mol. The molecule has 0 amide bonds. The van der Waals surface area contributed by atoms with Crippen LogP contribution >= 0.6 is 0 Å². The van der Waals surface area contributed by atoms with Gasteiger partial charge in [0.15, 0.2) is 5.78 Å². The van der Waals surface area contributed by atoms with Gasteiger partial charge < -0.3 is 4.74 Å². The molecule has 1 aliphatic rings. The highest BCUT2D eigenvalue weighted by molar-refractivity contribution is 5.97. The van der Waals surface area contributed by atoms with Crippen molar-refractivity contribution in [3.8, 4) is 0 Å². The second kappa shape index (κ2) is 6.12. The molecule has 18 heavy (non-hydrogen) atoms. The molecule has 0 spiro atoms. The van der Waals surface area contributed by atoms with Gasteiger partial charge in [-0.3, -0.25) is 9.69 Å². The maximum absolute atomic E-state index is 12.2. The van der Waals surface area contributed by atoms with E-state index in [1.807, 2.05) is 31.2 Å². The second-order valence-electron chi connectivity index (χ2n) is 4.93. The maximum atomic E-state index is 12.2. The number of benzene rings is 1. The van der Waals surface area contributed by atoms with Gasteiger partial charge in [0.2, 0.25) is 0 Å². The Bertz CT molecular complexity index is 417. The average molecular weight is 247 g/mol. The van der Waals surface area contributed by atoms with Crippen molar-refractivity contribution in [1.82, 2.24) is 4.90 Å². The summed E-state index contributed by atoms with van der Waals surface area (Å²) in [5, 5.41) is 0. The van der Waals surface area contributed by atoms with Crippen LogP contribution in [0.5, 0.6) is 0 Å².